The van der Waals surface area contributed by atoms with E-state index in [9.17, 15) is 9.59 Å². The van der Waals surface area contributed by atoms with Crippen LogP contribution in [0.15, 0.2) is 30.3 Å². The van der Waals surface area contributed by atoms with Crippen molar-refractivity contribution < 1.29 is 14.7 Å². The van der Waals surface area contributed by atoms with E-state index in [1.807, 2.05) is 30.3 Å². The first-order chi connectivity index (χ1) is 9.90. The molecule has 1 aromatic carbocycles. The summed E-state index contributed by atoms with van der Waals surface area (Å²) in [5.41, 5.74) is 0.784. The number of hydrogen-bond donors (Lipinski definition) is 3. The van der Waals surface area contributed by atoms with Gasteiger partial charge in [-0.2, -0.15) is 0 Å². The molecule has 0 saturated carbocycles. The van der Waals surface area contributed by atoms with Gasteiger partial charge in [0.1, 0.15) is 0 Å². The topological polar surface area (TPSA) is 78.4 Å². The standard InChI is InChI=1S/C16H24N2O3/c1-11(2)12(3)10-17-16(21)18-14(9-15(19)20)13-7-5-4-6-8-13/h4-8,11-12,14H,9-10H2,1-3H3,(H,19,20)(H2,17,18,21). The number of hydrogen-bond acceptors (Lipinski definition) is 2. The molecule has 0 saturated heterocycles. The third-order valence-electron chi connectivity index (χ3n) is 3.61. The summed E-state index contributed by atoms with van der Waals surface area (Å²) in [5, 5.41) is 14.5. The molecule has 2 unspecified atom stereocenters. The van der Waals surface area contributed by atoms with Gasteiger partial charge in [0.25, 0.3) is 0 Å². The van der Waals surface area contributed by atoms with E-state index in [4.69, 9.17) is 5.11 Å². The zero-order valence-electron chi connectivity index (χ0n) is 12.8. The highest BCUT2D eigenvalue weighted by atomic mass is 16.4. The van der Waals surface area contributed by atoms with Crippen LogP contribution < -0.4 is 10.6 Å². The quantitative estimate of drug-likeness (QED) is 0.723. The summed E-state index contributed by atoms with van der Waals surface area (Å²) in [6, 6.07) is 8.26. The smallest absolute Gasteiger partial charge is 0.315 e. The van der Waals surface area contributed by atoms with Crippen LogP contribution in [0.3, 0.4) is 0 Å². The molecule has 116 valence electrons. The van der Waals surface area contributed by atoms with Crippen LogP contribution in [0.1, 0.15) is 38.8 Å². The highest BCUT2D eigenvalue weighted by Crippen LogP contribution is 2.16. The van der Waals surface area contributed by atoms with Gasteiger partial charge >= 0.3 is 12.0 Å². The molecule has 0 bridgehead atoms. The van der Waals surface area contributed by atoms with Gasteiger partial charge in [-0.15, -0.1) is 0 Å². The first-order valence-electron chi connectivity index (χ1n) is 7.21. The Morgan fingerprint density at radius 2 is 1.76 bits per heavy atom. The van der Waals surface area contributed by atoms with Gasteiger partial charge in [-0.25, -0.2) is 4.79 Å². The van der Waals surface area contributed by atoms with E-state index in [0.717, 1.165) is 5.56 Å². The third-order valence-corrected chi connectivity index (χ3v) is 3.61. The molecule has 0 aliphatic carbocycles. The highest BCUT2D eigenvalue weighted by molar-refractivity contribution is 5.76. The van der Waals surface area contributed by atoms with Crippen molar-refractivity contribution in [2.45, 2.75) is 33.2 Å². The largest absolute Gasteiger partial charge is 0.481 e. The number of urea groups is 1. The monoisotopic (exact) mass is 292 g/mol. The minimum Gasteiger partial charge on any atom is -0.481 e. The second-order valence-corrected chi connectivity index (χ2v) is 5.64. The Kier molecular flexibility index (Phi) is 6.72. The lowest BCUT2D eigenvalue weighted by molar-refractivity contribution is -0.137. The molecule has 0 aromatic heterocycles. The van der Waals surface area contributed by atoms with Crippen LogP contribution in [0.2, 0.25) is 0 Å². The van der Waals surface area contributed by atoms with Gasteiger partial charge in [0.15, 0.2) is 0 Å². The number of carboxylic acid groups (broad SMARTS) is 1. The van der Waals surface area contributed by atoms with E-state index in [1.54, 1.807) is 0 Å². The van der Waals surface area contributed by atoms with Crippen molar-refractivity contribution in [3.8, 4) is 0 Å². The van der Waals surface area contributed by atoms with E-state index >= 15 is 0 Å². The average Bonchev–Trinajstić information content (AvgIpc) is 2.44. The maximum atomic E-state index is 11.9. The molecule has 5 heteroatoms. The van der Waals surface area contributed by atoms with Gasteiger partial charge in [0, 0.05) is 6.54 Å². The average molecular weight is 292 g/mol. The number of rotatable bonds is 7. The molecule has 1 rings (SSSR count). The summed E-state index contributed by atoms with van der Waals surface area (Å²) in [4.78, 5) is 22.9. The Bertz CT molecular complexity index is 460. The Morgan fingerprint density at radius 1 is 1.14 bits per heavy atom. The van der Waals surface area contributed by atoms with E-state index in [1.165, 1.54) is 0 Å². The van der Waals surface area contributed by atoms with Crippen LogP contribution in [-0.2, 0) is 4.79 Å². The Hall–Kier alpha value is -2.04. The van der Waals surface area contributed by atoms with Gasteiger partial charge in [-0.05, 0) is 17.4 Å². The molecule has 21 heavy (non-hydrogen) atoms. The maximum absolute atomic E-state index is 11.9. The summed E-state index contributed by atoms with van der Waals surface area (Å²) < 4.78 is 0. The Balaban J connectivity index is 2.61. The fraction of sp³-hybridized carbons (Fsp3) is 0.500. The molecular weight excluding hydrogens is 268 g/mol. The zero-order chi connectivity index (χ0) is 15.8. The number of amides is 2. The van der Waals surface area contributed by atoms with E-state index in [0.29, 0.717) is 18.4 Å². The van der Waals surface area contributed by atoms with E-state index in [-0.39, 0.29) is 12.5 Å². The molecular formula is C16H24N2O3. The third kappa shape index (κ3) is 6.29. The molecule has 3 N–H and O–H groups in total. The summed E-state index contributed by atoms with van der Waals surface area (Å²) in [7, 11) is 0. The lowest BCUT2D eigenvalue weighted by atomic mass is 9.98. The first kappa shape index (κ1) is 17.0. The van der Waals surface area contributed by atoms with Crippen molar-refractivity contribution >= 4 is 12.0 Å². The Morgan fingerprint density at radius 3 is 2.29 bits per heavy atom. The van der Waals surface area contributed by atoms with Crippen molar-refractivity contribution in [3.63, 3.8) is 0 Å². The number of benzene rings is 1. The SMILES string of the molecule is CC(C)C(C)CNC(=O)NC(CC(=O)O)c1ccccc1. The molecule has 0 fully saturated rings. The second-order valence-electron chi connectivity index (χ2n) is 5.64. The summed E-state index contributed by atoms with van der Waals surface area (Å²) in [6.07, 6.45) is -0.142. The number of aliphatic carboxylic acids is 1. The molecule has 1 aromatic rings. The minimum absolute atomic E-state index is 0.142. The summed E-state index contributed by atoms with van der Waals surface area (Å²) in [5.74, 6) is -0.0978. The lowest BCUT2D eigenvalue weighted by Crippen LogP contribution is -2.41. The number of carbonyl (C=O) groups excluding carboxylic acids is 1. The molecule has 0 heterocycles. The predicted molar refractivity (Wildman–Crippen MR) is 82.0 cm³/mol. The predicted octanol–water partition coefficient (Wildman–Crippen LogP) is 2.79. The van der Waals surface area contributed by atoms with Crippen LogP contribution >= 0.6 is 0 Å². The normalized spacial score (nSPS) is 13.5. The van der Waals surface area contributed by atoms with Crippen molar-refractivity contribution in [3.05, 3.63) is 35.9 Å². The fourth-order valence-electron chi connectivity index (χ4n) is 1.81. The minimum atomic E-state index is -0.945. The van der Waals surface area contributed by atoms with Crippen LogP contribution in [-0.4, -0.2) is 23.7 Å². The van der Waals surface area contributed by atoms with Crippen molar-refractivity contribution in [1.29, 1.82) is 0 Å². The molecule has 5 nitrogen and oxygen atoms in total. The number of nitrogens with one attached hydrogen (secondary N) is 2. The highest BCUT2D eigenvalue weighted by Gasteiger charge is 2.18. The lowest BCUT2D eigenvalue weighted by Gasteiger charge is -2.20. The van der Waals surface area contributed by atoms with E-state index in [2.05, 4.69) is 31.4 Å². The zero-order valence-corrected chi connectivity index (χ0v) is 12.8. The number of carboxylic acids is 1. The second kappa shape index (κ2) is 8.29. The summed E-state index contributed by atoms with van der Waals surface area (Å²) >= 11 is 0. The molecule has 0 radical (unpaired) electrons. The number of carbonyl (C=O) groups is 2. The molecule has 2 atom stereocenters. The molecule has 0 aliphatic heterocycles. The fourth-order valence-corrected chi connectivity index (χ4v) is 1.81. The van der Waals surface area contributed by atoms with Crippen LogP contribution in [0.25, 0.3) is 0 Å². The van der Waals surface area contributed by atoms with E-state index < -0.39 is 12.0 Å². The first-order valence-corrected chi connectivity index (χ1v) is 7.21. The van der Waals surface area contributed by atoms with Crippen molar-refractivity contribution in [2.24, 2.45) is 11.8 Å². The van der Waals surface area contributed by atoms with Crippen LogP contribution in [0, 0.1) is 11.8 Å². The van der Waals surface area contributed by atoms with Gasteiger partial charge in [-0.1, -0.05) is 51.1 Å². The Labute approximate surface area is 125 Å². The van der Waals surface area contributed by atoms with Crippen LogP contribution in [0.4, 0.5) is 4.79 Å². The molecule has 2 amide bonds. The van der Waals surface area contributed by atoms with Gasteiger partial charge in [0.2, 0.25) is 0 Å². The van der Waals surface area contributed by atoms with Crippen molar-refractivity contribution in [2.75, 3.05) is 6.54 Å². The van der Waals surface area contributed by atoms with Gasteiger partial charge < -0.3 is 15.7 Å². The molecule has 0 aliphatic rings. The maximum Gasteiger partial charge on any atom is 0.315 e. The van der Waals surface area contributed by atoms with Gasteiger partial charge in [0.05, 0.1) is 12.5 Å². The molecule has 0 spiro atoms. The van der Waals surface area contributed by atoms with Gasteiger partial charge in [-0.3, -0.25) is 4.79 Å². The van der Waals surface area contributed by atoms with Crippen molar-refractivity contribution in [1.82, 2.24) is 10.6 Å². The summed E-state index contributed by atoms with van der Waals surface area (Å²) in [6.45, 7) is 6.83. The van der Waals surface area contributed by atoms with Crippen LogP contribution in [0.5, 0.6) is 0 Å².